The summed E-state index contributed by atoms with van der Waals surface area (Å²) < 4.78 is 74.5. The van der Waals surface area contributed by atoms with Crippen LogP contribution in [0.3, 0.4) is 0 Å². The molecule has 0 fully saturated rings. The Bertz CT molecular complexity index is 268. The second-order valence-corrected chi connectivity index (χ2v) is 3.36. The lowest BCUT2D eigenvalue weighted by molar-refractivity contribution is -0.291. The number of hydrogen-bond donors (Lipinski definition) is 1. The Morgan fingerprint density at radius 3 is 1.82 bits per heavy atom. The average Bonchev–Trinajstić information content (AvgIpc) is 2.09. The maximum absolute atomic E-state index is 12.4. The van der Waals surface area contributed by atoms with E-state index in [2.05, 4.69) is 17.2 Å². The number of rotatable bonds is 4. The average molecular weight is 261 g/mol. The first-order valence-corrected chi connectivity index (χ1v) is 4.91. The molecule has 1 nitrogen and oxygen atoms in total. The standard InChI is InChI=1S/C10H13F6N/c1-3-5-6-7(17-4-2)8(9(11,12)13)10(14,15)16/h7-8,17H,4,6H2,1-2H3. The van der Waals surface area contributed by atoms with Crippen LogP contribution >= 0.6 is 0 Å². The second kappa shape index (κ2) is 6.15. The predicted octanol–water partition coefficient (Wildman–Crippen LogP) is 3.12. The fourth-order valence-corrected chi connectivity index (χ4v) is 1.42. The van der Waals surface area contributed by atoms with Gasteiger partial charge in [0, 0.05) is 12.5 Å². The van der Waals surface area contributed by atoms with Gasteiger partial charge in [-0.05, 0) is 13.5 Å². The molecule has 0 aliphatic carbocycles. The predicted molar refractivity (Wildman–Crippen MR) is 51.1 cm³/mol. The monoisotopic (exact) mass is 261 g/mol. The maximum Gasteiger partial charge on any atom is 0.402 e. The molecule has 0 radical (unpaired) electrons. The molecular formula is C10H13F6N. The Kier molecular flexibility index (Phi) is 5.82. The van der Waals surface area contributed by atoms with Crippen molar-refractivity contribution in [2.45, 2.75) is 38.7 Å². The minimum atomic E-state index is -5.33. The minimum absolute atomic E-state index is 0.0126. The minimum Gasteiger partial charge on any atom is -0.312 e. The van der Waals surface area contributed by atoms with Crippen molar-refractivity contribution >= 4 is 0 Å². The first-order valence-electron chi connectivity index (χ1n) is 4.91. The van der Waals surface area contributed by atoms with Gasteiger partial charge in [0.1, 0.15) is 0 Å². The summed E-state index contributed by atoms with van der Waals surface area (Å²) in [7, 11) is 0. The molecule has 1 N–H and O–H groups in total. The summed E-state index contributed by atoms with van der Waals surface area (Å²) in [5.41, 5.74) is 0. The number of alkyl halides is 6. The van der Waals surface area contributed by atoms with E-state index in [9.17, 15) is 26.3 Å². The zero-order valence-corrected chi connectivity index (χ0v) is 9.34. The summed E-state index contributed by atoms with van der Waals surface area (Å²) in [6, 6.07) is -1.77. The lowest BCUT2D eigenvalue weighted by atomic mass is 9.95. The zero-order chi connectivity index (χ0) is 13.7. The molecule has 0 spiro atoms. The van der Waals surface area contributed by atoms with E-state index in [1.807, 2.05) is 0 Å². The van der Waals surface area contributed by atoms with Gasteiger partial charge in [0.05, 0.1) is 0 Å². The van der Waals surface area contributed by atoms with Gasteiger partial charge in [-0.3, -0.25) is 0 Å². The largest absolute Gasteiger partial charge is 0.402 e. The van der Waals surface area contributed by atoms with Crippen molar-refractivity contribution < 1.29 is 26.3 Å². The van der Waals surface area contributed by atoms with Crippen LogP contribution in [0.5, 0.6) is 0 Å². The van der Waals surface area contributed by atoms with Crippen LogP contribution in [0.15, 0.2) is 0 Å². The molecule has 0 saturated carbocycles. The van der Waals surface area contributed by atoms with Crippen molar-refractivity contribution in [1.29, 1.82) is 0 Å². The van der Waals surface area contributed by atoms with Crippen LogP contribution in [0, 0.1) is 17.8 Å². The molecule has 0 rings (SSSR count). The van der Waals surface area contributed by atoms with Crippen molar-refractivity contribution in [1.82, 2.24) is 5.32 Å². The van der Waals surface area contributed by atoms with Gasteiger partial charge in [0.15, 0.2) is 5.92 Å². The fraction of sp³-hybridized carbons (Fsp3) is 0.800. The smallest absolute Gasteiger partial charge is 0.312 e. The Morgan fingerprint density at radius 2 is 1.53 bits per heavy atom. The summed E-state index contributed by atoms with van der Waals surface area (Å²) in [4.78, 5) is 0. The summed E-state index contributed by atoms with van der Waals surface area (Å²) in [6.45, 7) is 2.81. The van der Waals surface area contributed by atoms with Crippen molar-refractivity contribution in [2.75, 3.05) is 6.54 Å². The molecule has 1 unspecified atom stereocenters. The highest BCUT2D eigenvalue weighted by Crippen LogP contribution is 2.42. The normalized spacial score (nSPS) is 14.4. The van der Waals surface area contributed by atoms with Gasteiger partial charge in [-0.1, -0.05) is 6.92 Å². The summed E-state index contributed by atoms with van der Waals surface area (Å²) in [5.74, 6) is 1.14. The zero-order valence-electron chi connectivity index (χ0n) is 9.34. The molecule has 0 bridgehead atoms. The molecule has 0 amide bonds. The fourth-order valence-electron chi connectivity index (χ4n) is 1.42. The highest BCUT2D eigenvalue weighted by molar-refractivity contribution is 5.01. The highest BCUT2D eigenvalue weighted by Gasteiger charge is 2.59. The van der Waals surface area contributed by atoms with Gasteiger partial charge < -0.3 is 5.32 Å². The maximum atomic E-state index is 12.4. The van der Waals surface area contributed by atoms with Crippen LogP contribution in [-0.2, 0) is 0 Å². The summed E-state index contributed by atoms with van der Waals surface area (Å²) >= 11 is 0. The number of halogens is 6. The number of nitrogens with one attached hydrogen (secondary N) is 1. The molecule has 17 heavy (non-hydrogen) atoms. The quantitative estimate of drug-likeness (QED) is 0.605. The van der Waals surface area contributed by atoms with E-state index in [0.717, 1.165) is 0 Å². The first-order chi connectivity index (χ1) is 7.64. The van der Waals surface area contributed by atoms with Crippen molar-refractivity contribution in [2.24, 2.45) is 5.92 Å². The van der Waals surface area contributed by atoms with Crippen LogP contribution in [0.4, 0.5) is 26.3 Å². The van der Waals surface area contributed by atoms with E-state index in [1.54, 1.807) is 0 Å². The van der Waals surface area contributed by atoms with E-state index >= 15 is 0 Å². The van der Waals surface area contributed by atoms with Crippen LogP contribution < -0.4 is 5.32 Å². The van der Waals surface area contributed by atoms with Gasteiger partial charge in [-0.25, -0.2) is 0 Å². The molecule has 0 saturated heterocycles. The lowest BCUT2D eigenvalue weighted by Gasteiger charge is -2.30. The summed E-state index contributed by atoms with van der Waals surface area (Å²) in [5, 5.41) is 2.19. The molecule has 0 aromatic rings. The first kappa shape index (κ1) is 16.1. The molecule has 0 aromatic heterocycles. The Labute approximate surface area is 95.6 Å². The lowest BCUT2D eigenvalue weighted by Crippen LogP contribution is -2.50. The second-order valence-electron chi connectivity index (χ2n) is 3.36. The van der Waals surface area contributed by atoms with E-state index in [0.29, 0.717) is 0 Å². The van der Waals surface area contributed by atoms with Crippen LogP contribution in [0.25, 0.3) is 0 Å². The van der Waals surface area contributed by atoms with Gasteiger partial charge in [-0.2, -0.15) is 26.3 Å². The van der Waals surface area contributed by atoms with E-state index in [-0.39, 0.29) is 6.54 Å². The van der Waals surface area contributed by atoms with E-state index in [1.165, 1.54) is 13.8 Å². The van der Waals surface area contributed by atoms with Crippen LogP contribution in [-0.4, -0.2) is 24.9 Å². The van der Waals surface area contributed by atoms with Crippen molar-refractivity contribution in [3.8, 4) is 11.8 Å². The topological polar surface area (TPSA) is 12.0 Å². The Morgan fingerprint density at radius 1 is 1.06 bits per heavy atom. The summed E-state index contributed by atoms with van der Waals surface area (Å²) in [6.07, 6.45) is -11.2. The van der Waals surface area contributed by atoms with Gasteiger partial charge in [-0.15, -0.1) is 11.8 Å². The third-order valence-corrected chi connectivity index (χ3v) is 2.07. The molecule has 0 aliphatic rings. The molecule has 0 heterocycles. The van der Waals surface area contributed by atoms with Crippen molar-refractivity contribution in [3.05, 3.63) is 0 Å². The highest BCUT2D eigenvalue weighted by atomic mass is 19.4. The Hall–Kier alpha value is -0.900. The SMILES string of the molecule is CC#CCC(NCC)C(C(F)(F)F)C(F)(F)F. The van der Waals surface area contributed by atoms with E-state index in [4.69, 9.17) is 0 Å². The van der Waals surface area contributed by atoms with Gasteiger partial charge in [0.25, 0.3) is 0 Å². The molecule has 7 heteroatoms. The number of hydrogen-bond acceptors (Lipinski definition) is 1. The third kappa shape index (κ3) is 5.31. The van der Waals surface area contributed by atoms with Gasteiger partial charge >= 0.3 is 12.4 Å². The van der Waals surface area contributed by atoms with Gasteiger partial charge in [0.2, 0.25) is 0 Å². The molecule has 1 atom stereocenters. The Balaban J connectivity index is 5.12. The van der Waals surface area contributed by atoms with Crippen LogP contribution in [0.2, 0.25) is 0 Å². The van der Waals surface area contributed by atoms with Crippen LogP contribution in [0.1, 0.15) is 20.3 Å². The van der Waals surface area contributed by atoms with Crippen molar-refractivity contribution in [3.63, 3.8) is 0 Å². The molecule has 0 aliphatic heterocycles. The van der Waals surface area contributed by atoms with E-state index < -0.39 is 30.7 Å². The third-order valence-electron chi connectivity index (χ3n) is 2.07. The molecule has 100 valence electrons. The molecule has 0 aromatic carbocycles. The molecular weight excluding hydrogens is 248 g/mol.